The van der Waals surface area contributed by atoms with Gasteiger partial charge in [-0.2, -0.15) is 0 Å². The molecule has 0 unspecified atom stereocenters. The number of para-hydroxylation sites is 1. The first kappa shape index (κ1) is 19.8. The Morgan fingerprint density at radius 1 is 1.21 bits per heavy atom. The number of carbonyl (C=O) groups is 2. The van der Waals surface area contributed by atoms with Gasteiger partial charge in [-0.25, -0.2) is 4.99 Å². The number of nitrogens with zero attached hydrogens (tertiary/aromatic N) is 4. The van der Waals surface area contributed by atoms with Gasteiger partial charge in [0.05, 0.1) is 11.5 Å². The molecule has 1 N–H and O–H groups in total. The summed E-state index contributed by atoms with van der Waals surface area (Å²) in [5.74, 6) is 1.48. The van der Waals surface area contributed by atoms with E-state index in [1.165, 1.54) is 18.2 Å². The van der Waals surface area contributed by atoms with Crippen molar-refractivity contribution in [2.75, 3.05) is 5.32 Å². The van der Waals surface area contributed by atoms with Gasteiger partial charge in [-0.05, 0) is 37.8 Å². The van der Waals surface area contributed by atoms with Gasteiger partial charge >= 0.3 is 0 Å². The molecule has 0 fully saturated rings. The van der Waals surface area contributed by atoms with Crippen LogP contribution in [0.2, 0.25) is 0 Å². The number of hydrogen-bond donors (Lipinski definition) is 1. The van der Waals surface area contributed by atoms with Crippen LogP contribution in [-0.2, 0) is 29.0 Å². The second-order valence-electron chi connectivity index (χ2n) is 7.64. The molecule has 0 spiro atoms. The van der Waals surface area contributed by atoms with Crippen molar-refractivity contribution in [3.05, 3.63) is 41.0 Å². The molecule has 0 saturated heterocycles. The number of aryl methyl sites for hydroxylation is 3. The van der Waals surface area contributed by atoms with Crippen LogP contribution >= 0.6 is 11.8 Å². The normalized spacial score (nSPS) is 18.9. The molecule has 152 valence electrons. The number of thioether (sulfide) groups is 1. The van der Waals surface area contributed by atoms with E-state index in [0.717, 1.165) is 59.3 Å². The Kier molecular flexibility index (Phi) is 5.80. The van der Waals surface area contributed by atoms with E-state index in [1.807, 2.05) is 32.0 Å². The zero-order chi connectivity index (χ0) is 20.4. The van der Waals surface area contributed by atoms with Crippen LogP contribution in [0.1, 0.15) is 48.5 Å². The van der Waals surface area contributed by atoms with Crippen molar-refractivity contribution in [3.8, 4) is 0 Å². The Balaban J connectivity index is 1.37. The van der Waals surface area contributed by atoms with Crippen LogP contribution in [0, 0.1) is 13.8 Å². The molecule has 1 aromatic heterocycles. The molecule has 0 aliphatic carbocycles. The van der Waals surface area contributed by atoms with Gasteiger partial charge in [-0.1, -0.05) is 36.4 Å². The van der Waals surface area contributed by atoms with E-state index in [0.29, 0.717) is 6.42 Å². The number of hydrogen-bond acceptors (Lipinski definition) is 5. The van der Waals surface area contributed by atoms with Crippen molar-refractivity contribution < 1.29 is 9.59 Å². The number of nitrogens with one attached hydrogen (secondary N) is 1. The monoisotopic (exact) mass is 411 g/mol. The summed E-state index contributed by atoms with van der Waals surface area (Å²) in [5, 5.41) is 11.8. The first-order valence-electron chi connectivity index (χ1n) is 10.1. The third kappa shape index (κ3) is 4.42. The van der Waals surface area contributed by atoms with Gasteiger partial charge in [0.25, 0.3) is 5.91 Å². The Morgan fingerprint density at radius 3 is 2.79 bits per heavy atom. The predicted octanol–water partition coefficient (Wildman–Crippen LogP) is 3.23. The fourth-order valence-corrected chi connectivity index (χ4v) is 4.90. The number of aliphatic imine (C=N–C) groups is 1. The zero-order valence-corrected chi connectivity index (χ0v) is 17.6. The SMILES string of the molecule is Cc1cccc(C)c1NC(=O)C[C@H]1SC(Cc2nnc3n2CCCCC3)=NC1=O. The molecular formula is C21H25N5O2S. The highest BCUT2D eigenvalue weighted by Crippen LogP contribution is 2.28. The second-order valence-corrected chi connectivity index (χ2v) is 8.92. The summed E-state index contributed by atoms with van der Waals surface area (Å²) in [6.07, 6.45) is 5.03. The lowest BCUT2D eigenvalue weighted by Crippen LogP contribution is -2.22. The summed E-state index contributed by atoms with van der Waals surface area (Å²) in [4.78, 5) is 29.1. The van der Waals surface area contributed by atoms with E-state index in [-0.39, 0.29) is 18.2 Å². The molecule has 2 aliphatic rings. The topological polar surface area (TPSA) is 89.2 Å². The maximum Gasteiger partial charge on any atom is 0.260 e. The Hall–Kier alpha value is -2.48. The summed E-state index contributed by atoms with van der Waals surface area (Å²) in [7, 11) is 0. The first-order chi connectivity index (χ1) is 14.0. The molecule has 0 saturated carbocycles. The third-order valence-electron chi connectivity index (χ3n) is 5.40. The Labute approximate surface area is 174 Å². The minimum absolute atomic E-state index is 0.113. The van der Waals surface area contributed by atoms with Crippen LogP contribution < -0.4 is 5.32 Å². The highest BCUT2D eigenvalue weighted by molar-refractivity contribution is 8.15. The van der Waals surface area contributed by atoms with Crippen LogP contribution in [-0.4, -0.2) is 36.9 Å². The molecule has 3 heterocycles. The maximum absolute atomic E-state index is 12.5. The van der Waals surface area contributed by atoms with Crippen LogP contribution in [0.4, 0.5) is 5.69 Å². The molecule has 2 aliphatic heterocycles. The summed E-state index contributed by atoms with van der Waals surface area (Å²) < 4.78 is 2.17. The molecule has 4 rings (SSSR count). The van der Waals surface area contributed by atoms with Gasteiger partial charge < -0.3 is 9.88 Å². The van der Waals surface area contributed by atoms with Gasteiger partial charge in [-0.15, -0.1) is 10.2 Å². The van der Waals surface area contributed by atoms with E-state index in [2.05, 4.69) is 25.1 Å². The van der Waals surface area contributed by atoms with Crippen LogP contribution in [0.15, 0.2) is 23.2 Å². The van der Waals surface area contributed by atoms with E-state index >= 15 is 0 Å². The van der Waals surface area contributed by atoms with Gasteiger partial charge in [0.15, 0.2) is 0 Å². The lowest BCUT2D eigenvalue weighted by Gasteiger charge is -2.13. The Bertz CT molecular complexity index is 961. The summed E-state index contributed by atoms with van der Waals surface area (Å²) in [6, 6.07) is 5.88. The van der Waals surface area contributed by atoms with Gasteiger partial charge in [-0.3, -0.25) is 9.59 Å². The number of carbonyl (C=O) groups excluding carboxylic acids is 2. The average molecular weight is 412 g/mol. The third-order valence-corrected chi connectivity index (χ3v) is 6.56. The maximum atomic E-state index is 12.5. The number of amides is 2. The standard InChI is InChI=1S/C21H25N5O2S/c1-13-7-6-8-14(2)20(13)22-18(27)11-15-21(28)23-19(29-15)12-17-25-24-16-9-4-3-5-10-26(16)17/h6-8,15H,3-5,9-12H2,1-2H3,(H,22,27)/t15-/m1/s1. The smallest absolute Gasteiger partial charge is 0.260 e. The highest BCUT2D eigenvalue weighted by atomic mass is 32.2. The first-order valence-corrected chi connectivity index (χ1v) is 10.9. The molecule has 1 atom stereocenters. The Morgan fingerprint density at radius 2 is 2.00 bits per heavy atom. The molecule has 0 bridgehead atoms. The number of anilines is 1. The van der Waals surface area contributed by atoms with Crippen molar-refractivity contribution in [3.63, 3.8) is 0 Å². The van der Waals surface area contributed by atoms with Crippen molar-refractivity contribution in [1.82, 2.24) is 14.8 Å². The van der Waals surface area contributed by atoms with Gasteiger partial charge in [0.1, 0.15) is 16.9 Å². The van der Waals surface area contributed by atoms with Crippen LogP contribution in [0.5, 0.6) is 0 Å². The molecule has 2 amide bonds. The van der Waals surface area contributed by atoms with E-state index < -0.39 is 5.25 Å². The quantitative estimate of drug-likeness (QED) is 0.816. The van der Waals surface area contributed by atoms with Crippen molar-refractivity contribution in [1.29, 1.82) is 0 Å². The average Bonchev–Trinajstić information content (AvgIpc) is 3.11. The second kappa shape index (κ2) is 8.49. The van der Waals surface area contributed by atoms with Crippen molar-refractivity contribution in [2.45, 2.75) is 64.2 Å². The van der Waals surface area contributed by atoms with Crippen LogP contribution in [0.3, 0.4) is 0 Å². The fourth-order valence-electron chi connectivity index (χ4n) is 3.83. The van der Waals surface area contributed by atoms with Gasteiger partial charge in [0.2, 0.25) is 5.91 Å². The molecule has 8 heteroatoms. The van der Waals surface area contributed by atoms with Crippen LogP contribution in [0.25, 0.3) is 0 Å². The lowest BCUT2D eigenvalue weighted by atomic mass is 10.1. The summed E-state index contributed by atoms with van der Waals surface area (Å²) in [6.45, 7) is 4.84. The summed E-state index contributed by atoms with van der Waals surface area (Å²) in [5.41, 5.74) is 2.83. The number of benzene rings is 1. The summed E-state index contributed by atoms with van der Waals surface area (Å²) >= 11 is 1.38. The molecule has 1 aromatic carbocycles. The minimum Gasteiger partial charge on any atom is -0.326 e. The zero-order valence-electron chi connectivity index (χ0n) is 16.8. The lowest BCUT2D eigenvalue weighted by molar-refractivity contribution is -0.121. The number of rotatable bonds is 5. The van der Waals surface area contributed by atoms with E-state index in [1.54, 1.807) is 0 Å². The molecule has 7 nitrogen and oxygen atoms in total. The fraction of sp³-hybridized carbons (Fsp3) is 0.476. The van der Waals surface area contributed by atoms with Gasteiger partial charge in [0, 0.05) is 25.1 Å². The number of fused-ring (bicyclic) bond motifs is 1. The molecule has 29 heavy (non-hydrogen) atoms. The van der Waals surface area contributed by atoms with E-state index in [9.17, 15) is 9.59 Å². The predicted molar refractivity (Wildman–Crippen MR) is 114 cm³/mol. The molecule has 0 radical (unpaired) electrons. The largest absolute Gasteiger partial charge is 0.326 e. The number of aromatic nitrogens is 3. The van der Waals surface area contributed by atoms with Crippen molar-refractivity contribution in [2.24, 2.45) is 4.99 Å². The van der Waals surface area contributed by atoms with E-state index in [4.69, 9.17) is 0 Å². The van der Waals surface area contributed by atoms with Crippen molar-refractivity contribution >= 4 is 34.3 Å². The highest BCUT2D eigenvalue weighted by Gasteiger charge is 2.31. The molecular weight excluding hydrogens is 386 g/mol. The minimum atomic E-state index is -0.471. The molecule has 2 aromatic rings.